The second kappa shape index (κ2) is 7.98. The molecule has 2 heterocycles. The van der Waals surface area contributed by atoms with Crippen LogP contribution in [0.2, 0.25) is 5.02 Å². The minimum atomic E-state index is -0.168. The second-order valence-electron chi connectivity index (χ2n) is 6.66. The van der Waals surface area contributed by atoms with Crippen LogP contribution in [-0.2, 0) is 6.54 Å². The second-order valence-corrected chi connectivity index (χ2v) is 7.10. The summed E-state index contributed by atoms with van der Waals surface area (Å²) in [6.45, 7) is 3.97. The van der Waals surface area contributed by atoms with E-state index in [-0.39, 0.29) is 12.1 Å². The molecule has 2 amide bonds. The van der Waals surface area contributed by atoms with Crippen LogP contribution in [0, 0.1) is 0 Å². The molecule has 1 aliphatic rings. The molecule has 1 aliphatic heterocycles. The molecule has 4 rings (SSSR count). The van der Waals surface area contributed by atoms with Gasteiger partial charge in [0.1, 0.15) is 5.75 Å². The first-order valence-electron chi connectivity index (χ1n) is 9.36. The molecule has 5 nitrogen and oxygen atoms in total. The summed E-state index contributed by atoms with van der Waals surface area (Å²) in [5.41, 5.74) is 2.82. The summed E-state index contributed by atoms with van der Waals surface area (Å²) in [5.74, 6) is 0.826. The van der Waals surface area contributed by atoms with Crippen LogP contribution < -0.4 is 10.1 Å². The van der Waals surface area contributed by atoms with Gasteiger partial charge in [-0.2, -0.15) is 0 Å². The predicted octanol–water partition coefficient (Wildman–Crippen LogP) is 5.18. The topological polar surface area (TPSA) is 46.5 Å². The number of nitrogens with zero attached hydrogens (tertiary/aromatic N) is 2. The number of carbonyl (C=O) groups excluding carboxylic acids is 1. The number of carbonyl (C=O) groups is 1. The van der Waals surface area contributed by atoms with Crippen LogP contribution in [0.1, 0.15) is 24.2 Å². The van der Waals surface area contributed by atoms with E-state index in [4.69, 9.17) is 16.3 Å². The minimum Gasteiger partial charge on any atom is -0.494 e. The van der Waals surface area contributed by atoms with Crippen molar-refractivity contribution in [2.24, 2.45) is 0 Å². The molecule has 6 heteroatoms. The van der Waals surface area contributed by atoms with Gasteiger partial charge in [0, 0.05) is 35.7 Å². The Morgan fingerprint density at radius 2 is 1.96 bits per heavy atom. The lowest BCUT2D eigenvalue weighted by Gasteiger charge is -2.37. The summed E-state index contributed by atoms with van der Waals surface area (Å²) < 4.78 is 7.76. The minimum absolute atomic E-state index is 0.145. The Morgan fingerprint density at radius 3 is 2.71 bits per heavy atom. The van der Waals surface area contributed by atoms with E-state index in [0.29, 0.717) is 23.9 Å². The van der Waals surface area contributed by atoms with Crippen LogP contribution in [0.15, 0.2) is 66.9 Å². The van der Waals surface area contributed by atoms with Gasteiger partial charge in [0.25, 0.3) is 0 Å². The molecule has 28 heavy (non-hydrogen) atoms. The quantitative estimate of drug-likeness (QED) is 0.661. The Hall–Kier alpha value is -2.92. The maximum Gasteiger partial charge on any atom is 0.322 e. The summed E-state index contributed by atoms with van der Waals surface area (Å²) in [6, 6.07) is 18.9. The number of aromatic nitrogens is 1. The molecule has 0 saturated heterocycles. The summed E-state index contributed by atoms with van der Waals surface area (Å²) in [7, 11) is 0. The van der Waals surface area contributed by atoms with Crippen LogP contribution in [0.4, 0.5) is 10.5 Å². The number of anilines is 1. The molecule has 0 aliphatic carbocycles. The van der Waals surface area contributed by atoms with Gasteiger partial charge in [-0.25, -0.2) is 4.79 Å². The lowest BCUT2D eigenvalue weighted by atomic mass is 10.00. The Morgan fingerprint density at radius 1 is 1.14 bits per heavy atom. The number of hydrogen-bond donors (Lipinski definition) is 1. The first-order valence-corrected chi connectivity index (χ1v) is 9.74. The zero-order valence-electron chi connectivity index (χ0n) is 15.6. The zero-order chi connectivity index (χ0) is 19.5. The number of ether oxygens (including phenoxy) is 1. The molecule has 3 aromatic rings. The Labute approximate surface area is 169 Å². The standard InChI is InChI=1S/C22H22ClN3O2/c1-2-28-19-10-8-16(9-11-19)21-20-7-4-12-25(20)13-14-26(21)22(27)24-18-6-3-5-17(23)15-18/h3-12,15,21H,2,13-14H2,1H3,(H,24,27). The first-order chi connectivity index (χ1) is 13.7. The smallest absolute Gasteiger partial charge is 0.322 e. The average molecular weight is 396 g/mol. The summed E-state index contributed by atoms with van der Waals surface area (Å²) in [5, 5.41) is 3.57. The number of fused-ring (bicyclic) bond motifs is 1. The third-order valence-corrected chi connectivity index (χ3v) is 5.12. The zero-order valence-corrected chi connectivity index (χ0v) is 16.4. The maximum atomic E-state index is 13.1. The maximum absolute atomic E-state index is 13.1. The fourth-order valence-electron chi connectivity index (χ4n) is 3.63. The van der Waals surface area contributed by atoms with Gasteiger partial charge in [0.15, 0.2) is 0 Å². The highest BCUT2D eigenvalue weighted by Gasteiger charge is 2.32. The van der Waals surface area contributed by atoms with Crippen LogP contribution in [0.25, 0.3) is 0 Å². The number of nitrogens with one attached hydrogen (secondary N) is 1. The number of benzene rings is 2. The van der Waals surface area contributed by atoms with Gasteiger partial charge >= 0.3 is 6.03 Å². The van der Waals surface area contributed by atoms with E-state index >= 15 is 0 Å². The number of urea groups is 1. The molecular weight excluding hydrogens is 374 g/mol. The van der Waals surface area contributed by atoms with Gasteiger partial charge in [-0.05, 0) is 55.0 Å². The lowest BCUT2D eigenvalue weighted by Crippen LogP contribution is -2.44. The van der Waals surface area contributed by atoms with Gasteiger partial charge in [-0.1, -0.05) is 29.8 Å². The van der Waals surface area contributed by atoms with E-state index in [1.54, 1.807) is 12.1 Å². The van der Waals surface area contributed by atoms with Crippen molar-refractivity contribution in [1.82, 2.24) is 9.47 Å². The van der Waals surface area contributed by atoms with Crippen LogP contribution in [0.5, 0.6) is 5.75 Å². The third kappa shape index (κ3) is 3.71. The molecule has 0 spiro atoms. The molecule has 0 bridgehead atoms. The normalized spacial score (nSPS) is 15.8. The van der Waals surface area contributed by atoms with Crippen molar-refractivity contribution in [3.8, 4) is 5.75 Å². The van der Waals surface area contributed by atoms with E-state index in [1.807, 2.05) is 54.3 Å². The fraction of sp³-hybridized carbons (Fsp3) is 0.227. The van der Waals surface area contributed by atoms with Crippen molar-refractivity contribution in [3.63, 3.8) is 0 Å². The molecule has 1 N–H and O–H groups in total. The molecule has 1 atom stereocenters. The van der Waals surface area contributed by atoms with E-state index in [2.05, 4.69) is 22.1 Å². The number of amides is 2. The van der Waals surface area contributed by atoms with Crippen molar-refractivity contribution >= 4 is 23.3 Å². The highest BCUT2D eigenvalue weighted by molar-refractivity contribution is 6.30. The van der Waals surface area contributed by atoms with E-state index in [0.717, 1.165) is 23.6 Å². The summed E-state index contributed by atoms with van der Waals surface area (Å²) in [4.78, 5) is 15.0. The Bertz CT molecular complexity index is 968. The summed E-state index contributed by atoms with van der Waals surface area (Å²) in [6.07, 6.45) is 2.06. The Balaban J connectivity index is 1.64. The number of hydrogen-bond acceptors (Lipinski definition) is 2. The monoisotopic (exact) mass is 395 g/mol. The number of halogens is 1. The molecule has 2 aromatic carbocycles. The van der Waals surface area contributed by atoms with E-state index in [9.17, 15) is 4.79 Å². The Kier molecular flexibility index (Phi) is 5.26. The summed E-state index contributed by atoms with van der Waals surface area (Å²) >= 11 is 6.05. The molecule has 144 valence electrons. The van der Waals surface area contributed by atoms with Gasteiger partial charge in [-0.3, -0.25) is 0 Å². The lowest BCUT2D eigenvalue weighted by molar-refractivity contribution is 0.182. The molecular formula is C22H22ClN3O2. The van der Waals surface area contributed by atoms with Crippen LogP contribution in [-0.4, -0.2) is 28.6 Å². The first kappa shape index (κ1) is 18.4. The van der Waals surface area contributed by atoms with Crippen molar-refractivity contribution in [3.05, 3.63) is 83.1 Å². The third-order valence-electron chi connectivity index (χ3n) is 4.88. The predicted molar refractivity (Wildman–Crippen MR) is 111 cm³/mol. The average Bonchev–Trinajstić information content (AvgIpc) is 3.17. The van der Waals surface area contributed by atoms with Gasteiger partial charge in [0.2, 0.25) is 0 Å². The van der Waals surface area contributed by atoms with Gasteiger partial charge in [-0.15, -0.1) is 0 Å². The SMILES string of the molecule is CCOc1ccc(C2c3cccn3CCN2C(=O)Nc2cccc(Cl)c2)cc1. The largest absolute Gasteiger partial charge is 0.494 e. The molecule has 1 aromatic heterocycles. The highest BCUT2D eigenvalue weighted by atomic mass is 35.5. The van der Waals surface area contributed by atoms with Crippen molar-refractivity contribution in [1.29, 1.82) is 0 Å². The van der Waals surface area contributed by atoms with Crippen LogP contribution >= 0.6 is 11.6 Å². The fourth-order valence-corrected chi connectivity index (χ4v) is 3.82. The van der Waals surface area contributed by atoms with Crippen LogP contribution in [0.3, 0.4) is 0 Å². The number of rotatable bonds is 4. The highest BCUT2D eigenvalue weighted by Crippen LogP contribution is 2.33. The van der Waals surface area contributed by atoms with Crippen molar-refractivity contribution < 1.29 is 9.53 Å². The van der Waals surface area contributed by atoms with E-state index in [1.165, 1.54) is 0 Å². The van der Waals surface area contributed by atoms with E-state index < -0.39 is 0 Å². The molecule has 0 radical (unpaired) electrons. The molecule has 0 saturated carbocycles. The van der Waals surface area contributed by atoms with Gasteiger partial charge in [0.05, 0.1) is 12.6 Å². The molecule has 0 fully saturated rings. The van der Waals surface area contributed by atoms with Crippen molar-refractivity contribution in [2.75, 3.05) is 18.5 Å². The van der Waals surface area contributed by atoms with Gasteiger partial charge < -0.3 is 19.5 Å². The van der Waals surface area contributed by atoms with Crippen molar-refractivity contribution in [2.45, 2.75) is 19.5 Å². The molecule has 1 unspecified atom stereocenters.